The molecule has 0 spiro atoms. The molecule has 1 saturated carbocycles. The van der Waals surface area contributed by atoms with Gasteiger partial charge in [0, 0.05) is 37.8 Å². The van der Waals surface area contributed by atoms with Gasteiger partial charge in [0.15, 0.2) is 0 Å². The molecule has 21 heavy (non-hydrogen) atoms. The van der Waals surface area contributed by atoms with E-state index in [0.717, 1.165) is 31.7 Å². The molecule has 2 fully saturated rings. The van der Waals surface area contributed by atoms with Crippen molar-refractivity contribution in [3.8, 4) is 5.75 Å². The van der Waals surface area contributed by atoms with Gasteiger partial charge in [0.1, 0.15) is 5.75 Å². The number of nitrogens with one attached hydrogen (secondary N) is 1. The van der Waals surface area contributed by atoms with Gasteiger partial charge in [-0.15, -0.1) is 24.8 Å². The fourth-order valence-electron chi connectivity index (χ4n) is 2.91. The summed E-state index contributed by atoms with van der Waals surface area (Å²) in [6.45, 7) is 4.14. The molecule has 1 aliphatic carbocycles. The topological polar surface area (TPSA) is 35.5 Å². The molecule has 0 bridgehead atoms. The Hall–Kier alpha value is 0.290. The predicted molar refractivity (Wildman–Crippen MR) is 95.2 cm³/mol. The molecule has 1 aromatic rings. The van der Waals surface area contributed by atoms with Crippen molar-refractivity contribution in [2.24, 2.45) is 5.92 Å². The van der Waals surface area contributed by atoms with Crippen molar-refractivity contribution in [1.29, 1.82) is 0 Å². The lowest BCUT2D eigenvalue weighted by atomic mass is 9.99. The van der Waals surface area contributed by atoms with Gasteiger partial charge in [0.05, 0.1) is 9.50 Å². The van der Waals surface area contributed by atoms with Crippen molar-refractivity contribution in [2.45, 2.75) is 18.9 Å². The first-order valence-corrected chi connectivity index (χ1v) is 7.97. The van der Waals surface area contributed by atoms with Gasteiger partial charge in [-0.3, -0.25) is 4.90 Å². The third-order valence-electron chi connectivity index (χ3n) is 4.03. The Morgan fingerprint density at radius 3 is 2.43 bits per heavy atom. The quantitative estimate of drug-likeness (QED) is 0.779. The van der Waals surface area contributed by atoms with E-state index in [1.165, 1.54) is 12.8 Å². The highest BCUT2D eigenvalue weighted by atomic mass is 79.9. The summed E-state index contributed by atoms with van der Waals surface area (Å²) in [6, 6.07) is 4.18. The second kappa shape index (κ2) is 8.23. The van der Waals surface area contributed by atoms with Crippen LogP contribution in [0.5, 0.6) is 5.75 Å². The van der Waals surface area contributed by atoms with Crippen LogP contribution in [0.1, 0.15) is 24.4 Å². The summed E-state index contributed by atoms with van der Waals surface area (Å²) in [5.74, 6) is 0.986. The highest BCUT2D eigenvalue weighted by Gasteiger charge is 2.38. The van der Waals surface area contributed by atoms with Crippen LogP contribution in [0.15, 0.2) is 16.6 Å². The van der Waals surface area contributed by atoms with E-state index < -0.39 is 0 Å². The second-order valence-electron chi connectivity index (χ2n) is 5.37. The maximum absolute atomic E-state index is 10.4. The van der Waals surface area contributed by atoms with E-state index in [0.29, 0.717) is 27.2 Å². The molecule has 1 heterocycles. The van der Waals surface area contributed by atoms with E-state index in [1.54, 1.807) is 0 Å². The summed E-state index contributed by atoms with van der Waals surface area (Å²) in [4.78, 5) is 2.49. The monoisotopic (exact) mass is 416 g/mol. The largest absolute Gasteiger partial charge is 0.506 e. The maximum atomic E-state index is 10.4. The molecule has 0 unspecified atom stereocenters. The van der Waals surface area contributed by atoms with Crippen LogP contribution in [0.4, 0.5) is 0 Å². The SMILES string of the molecule is Cl.Cl.Oc1c([C@H](C2CC2)N2CCNCC2)ccc(Cl)c1Br. The van der Waals surface area contributed by atoms with Crippen LogP contribution in [0, 0.1) is 5.92 Å². The Balaban J connectivity index is 0.00000110. The molecule has 120 valence electrons. The molecule has 1 aromatic carbocycles. The van der Waals surface area contributed by atoms with Crippen molar-refractivity contribution in [3.63, 3.8) is 0 Å². The number of phenols is 1. The zero-order valence-corrected chi connectivity index (χ0v) is 15.5. The maximum Gasteiger partial charge on any atom is 0.136 e. The minimum absolute atomic E-state index is 0. The summed E-state index contributed by atoms with van der Waals surface area (Å²) in [6.07, 6.45) is 2.52. The molecule has 0 amide bonds. The molecular formula is C14H20BrCl3N2O. The van der Waals surface area contributed by atoms with Crippen LogP contribution in [0.25, 0.3) is 0 Å². The van der Waals surface area contributed by atoms with E-state index in [-0.39, 0.29) is 24.8 Å². The van der Waals surface area contributed by atoms with E-state index >= 15 is 0 Å². The lowest BCUT2D eigenvalue weighted by Crippen LogP contribution is -2.45. The van der Waals surface area contributed by atoms with Gasteiger partial charge in [0.2, 0.25) is 0 Å². The van der Waals surface area contributed by atoms with Gasteiger partial charge in [-0.2, -0.15) is 0 Å². The lowest BCUT2D eigenvalue weighted by Gasteiger charge is -2.36. The Labute approximate surface area is 151 Å². The predicted octanol–water partition coefficient (Wildman–Crippen LogP) is 4.01. The summed E-state index contributed by atoms with van der Waals surface area (Å²) in [7, 11) is 0. The fourth-order valence-corrected chi connectivity index (χ4v) is 3.43. The molecule has 2 aliphatic rings. The number of aromatic hydroxyl groups is 1. The van der Waals surface area contributed by atoms with Crippen molar-refractivity contribution in [2.75, 3.05) is 26.2 Å². The summed E-state index contributed by atoms with van der Waals surface area (Å²) in [5.41, 5.74) is 1.01. The van der Waals surface area contributed by atoms with E-state index in [1.807, 2.05) is 12.1 Å². The number of phenolic OH excluding ortho intramolecular Hbond substituents is 1. The van der Waals surface area contributed by atoms with Gasteiger partial charge in [-0.25, -0.2) is 0 Å². The Morgan fingerprint density at radius 1 is 1.24 bits per heavy atom. The lowest BCUT2D eigenvalue weighted by molar-refractivity contribution is 0.153. The van der Waals surface area contributed by atoms with Crippen molar-refractivity contribution in [3.05, 3.63) is 27.2 Å². The molecule has 1 aliphatic heterocycles. The summed E-state index contributed by atoms with van der Waals surface area (Å²) < 4.78 is 0.618. The molecule has 3 nitrogen and oxygen atoms in total. The number of halogens is 4. The van der Waals surface area contributed by atoms with Crippen LogP contribution in [0.2, 0.25) is 5.02 Å². The van der Waals surface area contributed by atoms with Gasteiger partial charge in [-0.1, -0.05) is 17.7 Å². The highest BCUT2D eigenvalue weighted by molar-refractivity contribution is 9.10. The number of piperazine rings is 1. The molecule has 2 N–H and O–H groups in total. The second-order valence-corrected chi connectivity index (χ2v) is 6.57. The van der Waals surface area contributed by atoms with Crippen LogP contribution in [-0.2, 0) is 0 Å². The van der Waals surface area contributed by atoms with Crippen LogP contribution in [0.3, 0.4) is 0 Å². The highest BCUT2D eigenvalue weighted by Crippen LogP contribution is 2.49. The number of benzene rings is 1. The first-order valence-electron chi connectivity index (χ1n) is 6.80. The summed E-state index contributed by atoms with van der Waals surface area (Å²) >= 11 is 9.42. The molecule has 1 atom stereocenters. The van der Waals surface area contributed by atoms with Crippen LogP contribution in [-0.4, -0.2) is 36.2 Å². The normalized spacial score (nSPS) is 20.3. The Morgan fingerprint density at radius 2 is 1.86 bits per heavy atom. The van der Waals surface area contributed by atoms with Crippen molar-refractivity contribution >= 4 is 52.3 Å². The van der Waals surface area contributed by atoms with Gasteiger partial charge < -0.3 is 10.4 Å². The van der Waals surface area contributed by atoms with E-state index in [4.69, 9.17) is 11.6 Å². The van der Waals surface area contributed by atoms with E-state index in [9.17, 15) is 5.11 Å². The third kappa shape index (κ3) is 4.18. The molecule has 7 heteroatoms. The Kier molecular flexibility index (Phi) is 7.58. The van der Waals surface area contributed by atoms with Gasteiger partial charge >= 0.3 is 0 Å². The zero-order chi connectivity index (χ0) is 13.4. The van der Waals surface area contributed by atoms with Gasteiger partial charge in [-0.05, 0) is 40.8 Å². The first-order chi connectivity index (χ1) is 9.18. The van der Waals surface area contributed by atoms with Crippen molar-refractivity contribution < 1.29 is 5.11 Å². The van der Waals surface area contributed by atoms with E-state index in [2.05, 4.69) is 26.1 Å². The summed E-state index contributed by atoms with van der Waals surface area (Å²) in [5, 5.41) is 14.3. The first kappa shape index (κ1) is 19.3. The molecular weight excluding hydrogens is 398 g/mol. The van der Waals surface area contributed by atoms with Crippen LogP contribution < -0.4 is 5.32 Å². The number of hydrogen-bond acceptors (Lipinski definition) is 3. The molecule has 3 rings (SSSR count). The van der Waals surface area contributed by atoms with Crippen LogP contribution >= 0.6 is 52.3 Å². The third-order valence-corrected chi connectivity index (χ3v) is 5.38. The van der Waals surface area contributed by atoms with Crippen molar-refractivity contribution in [1.82, 2.24) is 10.2 Å². The fraction of sp³-hybridized carbons (Fsp3) is 0.571. The Bertz CT molecular complexity index is 480. The number of hydrogen-bond donors (Lipinski definition) is 2. The number of nitrogens with zero attached hydrogens (tertiary/aromatic N) is 1. The average Bonchev–Trinajstić information content (AvgIpc) is 3.25. The number of rotatable bonds is 3. The average molecular weight is 419 g/mol. The smallest absolute Gasteiger partial charge is 0.136 e. The zero-order valence-electron chi connectivity index (χ0n) is 11.5. The minimum atomic E-state index is 0. The standard InChI is InChI=1S/C14H18BrClN2O.2ClH/c15-12-11(16)4-3-10(14(12)19)13(9-1-2-9)18-7-5-17-6-8-18;;/h3-4,9,13,17,19H,1-2,5-8H2;2*1H/t13-;;/m0../s1. The molecule has 0 aromatic heterocycles. The van der Waals surface area contributed by atoms with Gasteiger partial charge in [0.25, 0.3) is 0 Å². The molecule has 0 radical (unpaired) electrons. The molecule has 1 saturated heterocycles. The minimum Gasteiger partial charge on any atom is -0.506 e.